The van der Waals surface area contributed by atoms with E-state index in [0.29, 0.717) is 6.17 Å². The number of hydrogen-bond acceptors (Lipinski definition) is 2. The Morgan fingerprint density at radius 3 is 2.27 bits per heavy atom. The van der Waals surface area contributed by atoms with Crippen LogP contribution < -0.4 is 58.2 Å². The molecule has 1 atom stereocenters. The summed E-state index contributed by atoms with van der Waals surface area (Å²) in [6, 6.07) is 0. The summed E-state index contributed by atoms with van der Waals surface area (Å²) < 4.78 is 0. The Hall–Kier alpha value is 2.31. The second-order valence-corrected chi connectivity index (χ2v) is 2.27. The maximum Gasteiger partial charge on any atom is 1.00 e. The molecule has 63 valence electrons. The maximum atomic E-state index is 4.24. The van der Waals surface area contributed by atoms with E-state index in [9.17, 15) is 0 Å². The van der Waals surface area contributed by atoms with Crippen LogP contribution in [0.1, 0.15) is 13.8 Å². The molecule has 1 unspecified atom stereocenters. The van der Waals surface area contributed by atoms with Crippen LogP contribution >= 0.6 is 0 Å². The minimum Gasteiger partial charge on any atom is -0.612 e. The average molecular weight is 316 g/mol. The van der Waals surface area contributed by atoms with Gasteiger partial charge in [-0.1, -0.05) is 20.9 Å². The summed E-state index contributed by atoms with van der Waals surface area (Å²) in [7, 11) is 1.95. The summed E-state index contributed by atoms with van der Waals surface area (Å²) in [6.45, 7) is 7.27. The van der Waals surface area contributed by atoms with Gasteiger partial charge in [-0.15, -0.1) is 6.17 Å². The molecule has 3 nitrogen and oxygen atoms in total. The molecule has 1 aliphatic rings. The van der Waals surface area contributed by atoms with Gasteiger partial charge in [-0.25, -0.2) is 6.67 Å². The van der Waals surface area contributed by atoms with E-state index in [2.05, 4.69) is 24.2 Å². The molecule has 0 aromatic heterocycles. The van der Waals surface area contributed by atoms with Crippen LogP contribution in [-0.2, 0) is 19.5 Å². The molecule has 0 aromatic carbocycles. The van der Waals surface area contributed by atoms with Gasteiger partial charge in [-0.05, 0) is 6.54 Å². The zero-order valence-corrected chi connectivity index (χ0v) is 14.1. The van der Waals surface area contributed by atoms with E-state index in [1.54, 1.807) is 0 Å². The quantitative estimate of drug-likeness (QED) is 0.413. The van der Waals surface area contributed by atoms with Crippen molar-refractivity contribution in [3.63, 3.8) is 0 Å². The van der Waals surface area contributed by atoms with Crippen LogP contribution in [0.5, 0.6) is 0 Å². The molecule has 0 bridgehead atoms. The minimum absolute atomic E-state index is 0. The molecule has 0 saturated carbocycles. The van der Waals surface area contributed by atoms with Gasteiger partial charge in [-0.2, -0.15) is 0 Å². The first-order chi connectivity index (χ1) is 4.24. The first-order valence-electron chi connectivity index (χ1n) is 3.28. The first-order valence-corrected chi connectivity index (χ1v) is 3.28. The zero-order valence-electron chi connectivity index (χ0n) is 7.54. The second-order valence-electron chi connectivity index (χ2n) is 2.27. The van der Waals surface area contributed by atoms with Crippen molar-refractivity contribution < 1.29 is 77.7 Å². The third kappa shape index (κ3) is 4.92. The molecule has 1 rings (SSSR count). The van der Waals surface area contributed by atoms with Crippen molar-refractivity contribution in [3.05, 3.63) is 12.1 Å². The Kier molecular flexibility index (Phi) is 11.0. The molecule has 0 aromatic rings. The number of rotatable bonds is 1. The van der Waals surface area contributed by atoms with Gasteiger partial charge in [0.1, 0.15) is 0 Å². The molecule has 0 aliphatic carbocycles. The van der Waals surface area contributed by atoms with Gasteiger partial charge in [0.2, 0.25) is 0 Å². The molecule has 0 N–H and O–H groups in total. The van der Waals surface area contributed by atoms with Gasteiger partial charge in [0.05, 0.1) is 0 Å². The minimum atomic E-state index is 0. The van der Waals surface area contributed by atoms with Crippen LogP contribution in [0.4, 0.5) is 0 Å². The van der Waals surface area contributed by atoms with Crippen molar-refractivity contribution in [2.75, 3.05) is 13.6 Å². The van der Waals surface area contributed by atoms with Gasteiger partial charge in [0.15, 0.2) is 0 Å². The van der Waals surface area contributed by atoms with Crippen molar-refractivity contribution in [1.82, 2.24) is 9.91 Å². The predicted octanol–water partition coefficient (Wildman–Crippen LogP) is -1.99. The van der Waals surface area contributed by atoms with E-state index in [1.807, 2.05) is 18.7 Å². The van der Waals surface area contributed by atoms with Crippen LogP contribution in [0.25, 0.3) is 5.43 Å². The monoisotopic (exact) mass is 315 g/mol. The van der Waals surface area contributed by atoms with Gasteiger partial charge in [-0.3, -0.25) is 0 Å². The fourth-order valence-corrected chi connectivity index (χ4v) is 1.02. The van der Waals surface area contributed by atoms with Crippen LogP contribution in [0.3, 0.4) is 0 Å². The Morgan fingerprint density at radius 2 is 2.09 bits per heavy atom. The van der Waals surface area contributed by atoms with Crippen molar-refractivity contribution >= 4 is 0 Å². The fourth-order valence-electron chi connectivity index (χ4n) is 1.02. The van der Waals surface area contributed by atoms with Gasteiger partial charge < -0.3 is 15.3 Å². The molecular weight excluding hydrogens is 302 g/mol. The number of hydrogen-bond donors (Lipinski definition) is 0. The van der Waals surface area contributed by atoms with Crippen LogP contribution in [0.15, 0.2) is 0 Å². The summed E-state index contributed by atoms with van der Waals surface area (Å²) in [4.78, 5) is 2.18. The van der Waals surface area contributed by atoms with Crippen LogP contribution in [-0.4, -0.2) is 29.7 Å². The Morgan fingerprint density at radius 1 is 1.55 bits per heavy atom. The molecule has 1 aliphatic heterocycles. The normalized spacial score (nSPS) is 25.9. The van der Waals surface area contributed by atoms with E-state index < -0.39 is 0 Å². The molecule has 1 saturated heterocycles. The molecular formula is C6H13N3RbRh-. The summed E-state index contributed by atoms with van der Waals surface area (Å²) in [6.07, 6.45) is 0.333. The van der Waals surface area contributed by atoms with E-state index in [1.165, 1.54) is 0 Å². The maximum absolute atomic E-state index is 4.24. The molecule has 11 heavy (non-hydrogen) atoms. The molecule has 0 spiro atoms. The van der Waals surface area contributed by atoms with E-state index in [-0.39, 0.29) is 77.7 Å². The summed E-state index contributed by atoms with van der Waals surface area (Å²) >= 11 is 0. The summed E-state index contributed by atoms with van der Waals surface area (Å²) in [5.41, 5.74) is 4.24. The van der Waals surface area contributed by atoms with Crippen molar-refractivity contribution in [2.45, 2.75) is 20.0 Å². The van der Waals surface area contributed by atoms with Gasteiger partial charge in [0.25, 0.3) is 0 Å². The third-order valence-electron chi connectivity index (χ3n) is 1.51. The standard InChI is InChI=1S/C6H13N3.Rb.Rh/c1-4-9-5-8(3)7-6(9)2;;/h5-6H,4H2,1-3H3;;/q-2;+1;. The van der Waals surface area contributed by atoms with Gasteiger partial charge in [0, 0.05) is 19.5 Å². The predicted molar refractivity (Wildman–Crippen MR) is 37.3 cm³/mol. The topological polar surface area (TPSA) is 20.6 Å². The van der Waals surface area contributed by atoms with Crippen molar-refractivity contribution in [3.8, 4) is 0 Å². The van der Waals surface area contributed by atoms with Crippen LogP contribution in [0, 0.1) is 6.67 Å². The fraction of sp³-hybridized carbons (Fsp3) is 0.833. The van der Waals surface area contributed by atoms with Crippen molar-refractivity contribution in [2.24, 2.45) is 0 Å². The zero-order chi connectivity index (χ0) is 6.85. The van der Waals surface area contributed by atoms with E-state index >= 15 is 0 Å². The van der Waals surface area contributed by atoms with Crippen molar-refractivity contribution in [1.29, 1.82) is 0 Å². The number of nitrogens with zero attached hydrogens (tertiary/aromatic N) is 3. The average Bonchev–Trinajstić information content (AvgIpc) is 2.10. The summed E-state index contributed by atoms with van der Waals surface area (Å²) in [5, 5.41) is 1.86. The largest absolute Gasteiger partial charge is 1.00 e. The molecule has 0 amide bonds. The smallest absolute Gasteiger partial charge is 0.612 e. The first kappa shape index (κ1) is 15.8. The second kappa shape index (κ2) is 7.69. The Bertz CT molecular complexity index is 104. The summed E-state index contributed by atoms with van der Waals surface area (Å²) in [5.74, 6) is 0. The third-order valence-corrected chi connectivity index (χ3v) is 1.51. The van der Waals surface area contributed by atoms with E-state index in [4.69, 9.17) is 0 Å². The SMILES string of the molecule is CCN1[CH-]N(C)[N-]C1C.[Rb+].[Rh]. The Balaban J connectivity index is 0. The molecule has 5 heteroatoms. The molecule has 1 fully saturated rings. The van der Waals surface area contributed by atoms with E-state index in [0.717, 1.165) is 6.54 Å². The van der Waals surface area contributed by atoms with Gasteiger partial charge >= 0.3 is 58.2 Å². The molecule has 1 radical (unpaired) electrons. The van der Waals surface area contributed by atoms with Crippen LogP contribution in [0.2, 0.25) is 0 Å². The Labute approximate surface area is 131 Å². The molecule has 1 heterocycles.